The highest BCUT2D eigenvalue weighted by atomic mass is 16.7. The fraction of sp³-hybridized carbons (Fsp3) is 0.857. The molecule has 0 aromatic heterocycles. The zero-order valence-electron chi connectivity index (χ0n) is 49.7. The number of rotatable bonds is 59. The van der Waals surface area contributed by atoms with E-state index in [-0.39, 0.29) is 91.0 Å². The lowest BCUT2D eigenvalue weighted by atomic mass is 10.1. The molecule has 0 aliphatic carbocycles. The molecule has 0 saturated heterocycles. The Balaban J connectivity index is 4.38. The van der Waals surface area contributed by atoms with Crippen LogP contribution in [0.3, 0.4) is 0 Å². The smallest absolute Gasteiger partial charge is 0.434 e. The SMILES string of the molecule is CCCCCCC(O)C/C=C\CCCCCCCOC(=O)OCCOCC(COCCOC(=O)OCCCCCCC/C=C\CC(O)CCCCCC)OCCOC(=O)OCCCCCCC/C=C\CC(O)CCCCCC. The fourth-order valence-corrected chi connectivity index (χ4v) is 8.44. The Morgan fingerprint density at radius 2 is 0.603 bits per heavy atom. The maximum absolute atomic E-state index is 12.2. The molecule has 0 spiro atoms. The molecule has 458 valence electrons. The lowest BCUT2D eigenvalue weighted by molar-refractivity contribution is -0.0796. The number of allylic oxidation sites excluding steroid dienone is 3. The number of aliphatic hydroxyl groups is 3. The van der Waals surface area contributed by atoms with E-state index in [0.29, 0.717) is 0 Å². The van der Waals surface area contributed by atoms with E-state index in [1.165, 1.54) is 57.8 Å². The van der Waals surface area contributed by atoms with Gasteiger partial charge in [0.05, 0.1) is 71.2 Å². The first-order chi connectivity index (χ1) is 38.2. The van der Waals surface area contributed by atoms with E-state index in [2.05, 4.69) is 57.2 Å². The highest BCUT2D eigenvalue weighted by molar-refractivity contribution is 5.60. The van der Waals surface area contributed by atoms with E-state index in [0.717, 1.165) is 173 Å². The zero-order chi connectivity index (χ0) is 56.9. The first kappa shape index (κ1) is 74.8. The third-order valence-corrected chi connectivity index (χ3v) is 13.3. The van der Waals surface area contributed by atoms with Gasteiger partial charge in [-0.15, -0.1) is 0 Å². The molecule has 0 amide bonds. The summed E-state index contributed by atoms with van der Waals surface area (Å²) in [4.78, 5) is 36.4. The maximum Gasteiger partial charge on any atom is 0.508 e. The van der Waals surface area contributed by atoms with Crippen molar-refractivity contribution >= 4 is 18.5 Å². The third-order valence-electron chi connectivity index (χ3n) is 13.3. The topological polar surface area (TPSA) is 195 Å². The molecule has 0 fully saturated rings. The number of carbonyl (C=O) groups excluding carboxylic acids is 3. The zero-order valence-corrected chi connectivity index (χ0v) is 49.7. The van der Waals surface area contributed by atoms with E-state index in [1.807, 2.05) is 0 Å². The number of hydrogen-bond donors (Lipinski definition) is 3. The monoisotopic (exact) mass is 1110 g/mol. The number of aliphatic hydroxyl groups excluding tert-OH is 3. The number of hydrogen-bond acceptors (Lipinski definition) is 15. The summed E-state index contributed by atoms with van der Waals surface area (Å²) in [6.07, 6.45) is 46.3. The van der Waals surface area contributed by atoms with Crippen molar-refractivity contribution in [2.45, 2.75) is 276 Å². The predicted molar refractivity (Wildman–Crippen MR) is 312 cm³/mol. The second-order valence-corrected chi connectivity index (χ2v) is 20.8. The molecule has 0 bridgehead atoms. The molecule has 15 heteroatoms. The van der Waals surface area contributed by atoms with Gasteiger partial charge in [0.1, 0.15) is 25.9 Å². The molecule has 3 atom stereocenters. The van der Waals surface area contributed by atoms with Crippen LogP contribution in [0.2, 0.25) is 0 Å². The summed E-state index contributed by atoms with van der Waals surface area (Å²) in [5.74, 6) is 0. The summed E-state index contributed by atoms with van der Waals surface area (Å²) in [6.45, 7) is 7.85. The van der Waals surface area contributed by atoms with Gasteiger partial charge < -0.3 is 58.0 Å². The first-order valence-corrected chi connectivity index (χ1v) is 31.4. The molecule has 78 heavy (non-hydrogen) atoms. The van der Waals surface area contributed by atoms with Gasteiger partial charge in [0.25, 0.3) is 0 Å². The Labute approximate surface area is 474 Å². The van der Waals surface area contributed by atoms with Gasteiger partial charge in [-0.05, 0) is 96.3 Å². The molecule has 15 nitrogen and oxygen atoms in total. The molecule has 3 unspecified atom stereocenters. The summed E-state index contributed by atoms with van der Waals surface area (Å²) in [7, 11) is 0. The Kier molecular flexibility index (Phi) is 58.9. The standard InChI is InChI=1S/C63H116O15/c1-4-7-10-31-40-57(64)43-34-25-19-13-16-22-28-37-46-73-61(67)76-51-49-70-55-60(72-53-54-78-63(69)75-48-39-30-24-18-15-21-27-36-45-59(66)42-33-12-9-6-3)56-71-50-52-77-62(68)74-47-38-29-23-17-14-20-26-35-44-58(65)41-32-11-8-5-2/h25-27,34-36,57-60,64-66H,4-24,28-33,37-56H2,1-3H3/b34-25-,35-26-,36-27-. The van der Waals surface area contributed by atoms with E-state index in [1.54, 1.807) is 0 Å². The largest absolute Gasteiger partial charge is 0.508 e. The summed E-state index contributed by atoms with van der Waals surface area (Å²) < 4.78 is 48.5. The molecule has 0 aromatic carbocycles. The van der Waals surface area contributed by atoms with E-state index >= 15 is 0 Å². The van der Waals surface area contributed by atoms with Crippen LogP contribution in [0.15, 0.2) is 36.5 Å². The van der Waals surface area contributed by atoms with Crippen molar-refractivity contribution in [3.63, 3.8) is 0 Å². The van der Waals surface area contributed by atoms with Gasteiger partial charge >= 0.3 is 18.5 Å². The van der Waals surface area contributed by atoms with Crippen molar-refractivity contribution in [3.8, 4) is 0 Å². The van der Waals surface area contributed by atoms with Gasteiger partial charge in [-0.1, -0.05) is 192 Å². The Bertz CT molecular complexity index is 1310. The predicted octanol–water partition coefficient (Wildman–Crippen LogP) is 15.7. The molecular weight excluding hydrogens is 997 g/mol. The van der Waals surface area contributed by atoms with Gasteiger partial charge in [-0.25, -0.2) is 14.4 Å². The van der Waals surface area contributed by atoms with E-state index in [4.69, 9.17) is 42.6 Å². The Morgan fingerprint density at radius 3 is 0.936 bits per heavy atom. The van der Waals surface area contributed by atoms with Crippen LogP contribution in [-0.4, -0.2) is 131 Å². The van der Waals surface area contributed by atoms with E-state index < -0.39 is 24.6 Å². The number of carbonyl (C=O) groups is 3. The molecule has 0 aliphatic heterocycles. The van der Waals surface area contributed by atoms with Crippen molar-refractivity contribution in [3.05, 3.63) is 36.5 Å². The van der Waals surface area contributed by atoms with Crippen molar-refractivity contribution in [2.75, 3.05) is 72.7 Å². The van der Waals surface area contributed by atoms with Crippen LogP contribution >= 0.6 is 0 Å². The average Bonchev–Trinajstić information content (AvgIpc) is 3.43. The Hall–Kier alpha value is -3.21. The number of ether oxygens (including phenoxy) is 9. The summed E-state index contributed by atoms with van der Waals surface area (Å²) in [6, 6.07) is 0. The van der Waals surface area contributed by atoms with Gasteiger partial charge in [-0.3, -0.25) is 0 Å². The normalized spacial score (nSPS) is 13.3. The molecule has 0 aliphatic rings. The van der Waals surface area contributed by atoms with Gasteiger partial charge in [0.15, 0.2) is 0 Å². The van der Waals surface area contributed by atoms with Gasteiger partial charge in [0.2, 0.25) is 0 Å². The van der Waals surface area contributed by atoms with E-state index in [9.17, 15) is 29.7 Å². The highest BCUT2D eigenvalue weighted by Crippen LogP contribution is 2.14. The van der Waals surface area contributed by atoms with Crippen molar-refractivity contribution in [1.29, 1.82) is 0 Å². The van der Waals surface area contributed by atoms with Crippen LogP contribution in [-0.2, 0) is 42.6 Å². The molecule has 0 heterocycles. The van der Waals surface area contributed by atoms with Crippen molar-refractivity contribution in [1.82, 2.24) is 0 Å². The third kappa shape index (κ3) is 58.9. The lowest BCUT2D eigenvalue weighted by Crippen LogP contribution is -2.29. The Morgan fingerprint density at radius 1 is 0.321 bits per heavy atom. The van der Waals surface area contributed by atoms with Crippen LogP contribution < -0.4 is 0 Å². The van der Waals surface area contributed by atoms with Crippen LogP contribution in [0, 0.1) is 0 Å². The van der Waals surface area contributed by atoms with Crippen molar-refractivity contribution < 1.29 is 72.3 Å². The molecule has 0 aromatic rings. The molecule has 0 radical (unpaired) electrons. The molecule has 0 saturated carbocycles. The highest BCUT2D eigenvalue weighted by Gasteiger charge is 2.14. The molecular formula is C63H116O15. The van der Waals surface area contributed by atoms with Crippen LogP contribution in [0.5, 0.6) is 0 Å². The second kappa shape index (κ2) is 61.4. The maximum atomic E-state index is 12.2. The van der Waals surface area contributed by atoms with Gasteiger partial charge in [0, 0.05) is 0 Å². The van der Waals surface area contributed by atoms with Crippen molar-refractivity contribution in [2.24, 2.45) is 0 Å². The first-order valence-electron chi connectivity index (χ1n) is 31.4. The minimum atomic E-state index is -0.756. The van der Waals surface area contributed by atoms with Crippen LogP contribution in [0.25, 0.3) is 0 Å². The second-order valence-electron chi connectivity index (χ2n) is 20.8. The fourth-order valence-electron chi connectivity index (χ4n) is 8.44. The van der Waals surface area contributed by atoms with Gasteiger partial charge in [-0.2, -0.15) is 0 Å². The summed E-state index contributed by atoms with van der Waals surface area (Å²) in [5, 5.41) is 30.3. The lowest BCUT2D eigenvalue weighted by Gasteiger charge is -2.18. The summed E-state index contributed by atoms with van der Waals surface area (Å²) in [5.41, 5.74) is 0. The van der Waals surface area contributed by atoms with Crippen LogP contribution in [0.4, 0.5) is 14.4 Å². The molecule has 3 N–H and O–H groups in total. The quantitative estimate of drug-likeness (QED) is 0.0225. The minimum Gasteiger partial charge on any atom is -0.434 e. The van der Waals surface area contributed by atoms with Crippen LogP contribution in [0.1, 0.15) is 252 Å². The summed E-state index contributed by atoms with van der Waals surface area (Å²) >= 11 is 0. The minimum absolute atomic E-state index is 0.00731. The average molecular weight is 1110 g/mol. The molecule has 0 rings (SSSR count). The number of unbranched alkanes of at least 4 members (excludes halogenated alkanes) is 24.